The average Bonchev–Trinajstić information content (AvgIpc) is 2.49. The van der Waals surface area contributed by atoms with Crippen LogP contribution in [0, 0.1) is 5.92 Å². The number of aromatic nitrogens is 1. The van der Waals surface area contributed by atoms with Gasteiger partial charge in [0.05, 0.1) is 6.54 Å². The van der Waals surface area contributed by atoms with Crippen LogP contribution in [0.25, 0.3) is 0 Å². The second kappa shape index (κ2) is 5.64. The SMILES string of the molecule is C[C@H]1C[C@@H](C(=O)N2CCc3cc[nH]c(=O)c3C2)CCN1C. The van der Waals surface area contributed by atoms with Crippen molar-refractivity contribution in [1.29, 1.82) is 0 Å². The molecule has 3 rings (SSSR count). The zero-order valence-corrected chi connectivity index (χ0v) is 12.8. The number of hydrogen-bond donors (Lipinski definition) is 1. The Morgan fingerprint density at radius 1 is 1.38 bits per heavy atom. The minimum atomic E-state index is -0.0539. The standard InChI is InChI=1S/C16H23N3O2/c1-11-9-13(4-7-18(11)2)16(21)19-8-5-12-3-6-17-15(20)14(12)10-19/h3,6,11,13H,4-5,7-10H2,1-2H3,(H,17,20)/t11-,13-/m0/s1. The van der Waals surface area contributed by atoms with Gasteiger partial charge in [0.1, 0.15) is 0 Å². The Morgan fingerprint density at radius 2 is 2.19 bits per heavy atom. The highest BCUT2D eigenvalue weighted by Crippen LogP contribution is 2.25. The molecule has 2 aliphatic heterocycles. The van der Waals surface area contributed by atoms with E-state index >= 15 is 0 Å². The first-order valence-electron chi connectivity index (χ1n) is 7.74. The summed E-state index contributed by atoms with van der Waals surface area (Å²) in [6, 6.07) is 2.41. The van der Waals surface area contributed by atoms with E-state index in [1.165, 1.54) is 0 Å². The maximum absolute atomic E-state index is 12.7. The topological polar surface area (TPSA) is 56.4 Å². The van der Waals surface area contributed by atoms with E-state index < -0.39 is 0 Å². The van der Waals surface area contributed by atoms with Crippen LogP contribution in [-0.4, -0.2) is 46.9 Å². The maximum atomic E-state index is 12.7. The smallest absolute Gasteiger partial charge is 0.253 e. The number of aromatic amines is 1. The van der Waals surface area contributed by atoms with Gasteiger partial charge in [0.2, 0.25) is 5.91 Å². The number of nitrogens with zero attached hydrogens (tertiary/aromatic N) is 2. The van der Waals surface area contributed by atoms with Gasteiger partial charge < -0.3 is 14.8 Å². The highest BCUT2D eigenvalue weighted by atomic mass is 16.2. The molecule has 1 N–H and O–H groups in total. The summed E-state index contributed by atoms with van der Waals surface area (Å²) in [6.45, 7) is 4.35. The summed E-state index contributed by atoms with van der Waals surface area (Å²) in [5, 5.41) is 0. The molecule has 1 amide bonds. The molecular formula is C16H23N3O2. The molecule has 0 saturated carbocycles. The summed E-state index contributed by atoms with van der Waals surface area (Å²) in [6.07, 6.45) is 4.32. The number of amides is 1. The molecule has 2 aliphatic rings. The molecule has 1 aromatic heterocycles. The average molecular weight is 289 g/mol. The third kappa shape index (κ3) is 2.75. The molecule has 114 valence electrons. The summed E-state index contributed by atoms with van der Waals surface area (Å²) in [5.74, 6) is 0.337. The van der Waals surface area contributed by atoms with Gasteiger partial charge in [-0.15, -0.1) is 0 Å². The first-order chi connectivity index (χ1) is 10.1. The molecule has 0 unspecified atom stereocenters. The Hall–Kier alpha value is -1.62. The molecule has 0 bridgehead atoms. The van der Waals surface area contributed by atoms with Crippen LogP contribution in [0.3, 0.4) is 0 Å². The van der Waals surface area contributed by atoms with Crippen molar-refractivity contribution in [3.05, 3.63) is 33.7 Å². The van der Waals surface area contributed by atoms with Crippen molar-refractivity contribution in [1.82, 2.24) is 14.8 Å². The maximum Gasteiger partial charge on any atom is 0.253 e. The normalized spacial score (nSPS) is 26.5. The fourth-order valence-electron chi connectivity index (χ4n) is 3.44. The van der Waals surface area contributed by atoms with E-state index in [1.807, 2.05) is 11.0 Å². The molecule has 21 heavy (non-hydrogen) atoms. The van der Waals surface area contributed by atoms with Crippen molar-refractivity contribution < 1.29 is 4.79 Å². The minimum absolute atomic E-state index is 0.0539. The van der Waals surface area contributed by atoms with Crippen LogP contribution < -0.4 is 5.56 Å². The first-order valence-corrected chi connectivity index (χ1v) is 7.74. The van der Waals surface area contributed by atoms with Gasteiger partial charge in [-0.3, -0.25) is 9.59 Å². The molecule has 0 radical (unpaired) electrons. The molecule has 0 spiro atoms. The number of hydrogen-bond acceptors (Lipinski definition) is 3. The highest BCUT2D eigenvalue weighted by molar-refractivity contribution is 5.79. The van der Waals surface area contributed by atoms with Crippen molar-refractivity contribution in [2.24, 2.45) is 5.92 Å². The largest absolute Gasteiger partial charge is 0.338 e. The molecule has 3 heterocycles. The molecule has 2 atom stereocenters. The Bertz CT molecular complexity index is 595. The van der Waals surface area contributed by atoms with Crippen LogP contribution >= 0.6 is 0 Å². The monoisotopic (exact) mass is 289 g/mol. The quantitative estimate of drug-likeness (QED) is 0.839. The molecule has 1 saturated heterocycles. The van der Waals surface area contributed by atoms with Crippen LogP contribution in [0.2, 0.25) is 0 Å². The fraction of sp³-hybridized carbons (Fsp3) is 0.625. The lowest BCUT2D eigenvalue weighted by Crippen LogP contribution is -2.46. The van der Waals surface area contributed by atoms with E-state index in [1.54, 1.807) is 6.20 Å². The van der Waals surface area contributed by atoms with Gasteiger partial charge in [-0.2, -0.15) is 0 Å². The van der Waals surface area contributed by atoms with E-state index in [0.29, 0.717) is 12.6 Å². The Balaban J connectivity index is 1.73. The van der Waals surface area contributed by atoms with Crippen molar-refractivity contribution >= 4 is 5.91 Å². The third-order valence-electron chi connectivity index (χ3n) is 5.03. The molecule has 0 aliphatic carbocycles. The number of H-pyrrole nitrogens is 1. The van der Waals surface area contributed by atoms with Gasteiger partial charge >= 0.3 is 0 Å². The zero-order chi connectivity index (χ0) is 15.0. The van der Waals surface area contributed by atoms with Gasteiger partial charge in [0, 0.05) is 30.3 Å². The molecule has 1 fully saturated rings. The molecule has 5 nitrogen and oxygen atoms in total. The number of carbonyl (C=O) groups is 1. The number of pyridine rings is 1. The van der Waals surface area contributed by atoms with Crippen LogP contribution in [0.1, 0.15) is 30.9 Å². The van der Waals surface area contributed by atoms with Gasteiger partial charge in [-0.05, 0) is 51.4 Å². The van der Waals surface area contributed by atoms with Crippen LogP contribution in [0.5, 0.6) is 0 Å². The number of fused-ring (bicyclic) bond motifs is 1. The van der Waals surface area contributed by atoms with Gasteiger partial charge in [-0.1, -0.05) is 0 Å². The fourth-order valence-corrected chi connectivity index (χ4v) is 3.44. The second-order valence-corrected chi connectivity index (χ2v) is 6.37. The third-order valence-corrected chi connectivity index (χ3v) is 5.03. The summed E-state index contributed by atoms with van der Waals surface area (Å²) >= 11 is 0. The predicted octanol–water partition coefficient (Wildman–Crippen LogP) is 0.990. The summed E-state index contributed by atoms with van der Waals surface area (Å²) in [5.41, 5.74) is 1.79. The van der Waals surface area contributed by atoms with E-state index in [-0.39, 0.29) is 17.4 Å². The lowest BCUT2D eigenvalue weighted by molar-refractivity contribution is -0.138. The van der Waals surface area contributed by atoms with Crippen LogP contribution in [0.4, 0.5) is 0 Å². The van der Waals surface area contributed by atoms with Crippen molar-refractivity contribution in [3.8, 4) is 0 Å². The number of likely N-dealkylation sites (tertiary alicyclic amines) is 1. The van der Waals surface area contributed by atoms with Crippen molar-refractivity contribution in [2.75, 3.05) is 20.1 Å². The molecule has 5 heteroatoms. The van der Waals surface area contributed by atoms with E-state index in [9.17, 15) is 9.59 Å². The van der Waals surface area contributed by atoms with E-state index in [4.69, 9.17) is 0 Å². The van der Waals surface area contributed by atoms with Crippen molar-refractivity contribution in [2.45, 2.75) is 38.8 Å². The molecule has 0 aromatic carbocycles. The first kappa shape index (κ1) is 14.3. The molecular weight excluding hydrogens is 266 g/mol. The van der Waals surface area contributed by atoms with Crippen molar-refractivity contribution in [3.63, 3.8) is 0 Å². The lowest BCUT2D eigenvalue weighted by Gasteiger charge is -2.37. The van der Waals surface area contributed by atoms with E-state index in [0.717, 1.165) is 43.5 Å². The Kier molecular flexibility index (Phi) is 3.85. The number of piperidine rings is 1. The summed E-state index contributed by atoms with van der Waals surface area (Å²) < 4.78 is 0. The lowest BCUT2D eigenvalue weighted by atomic mass is 9.90. The van der Waals surface area contributed by atoms with Gasteiger partial charge in [0.25, 0.3) is 5.56 Å². The predicted molar refractivity (Wildman–Crippen MR) is 81.0 cm³/mol. The van der Waals surface area contributed by atoms with E-state index in [2.05, 4.69) is 23.9 Å². The minimum Gasteiger partial charge on any atom is -0.338 e. The van der Waals surface area contributed by atoms with Crippen LogP contribution in [-0.2, 0) is 17.8 Å². The Morgan fingerprint density at radius 3 is 2.95 bits per heavy atom. The number of rotatable bonds is 1. The number of carbonyl (C=O) groups excluding carboxylic acids is 1. The second-order valence-electron chi connectivity index (χ2n) is 6.37. The Labute approximate surface area is 124 Å². The summed E-state index contributed by atoms with van der Waals surface area (Å²) in [7, 11) is 2.11. The van der Waals surface area contributed by atoms with Crippen LogP contribution in [0.15, 0.2) is 17.1 Å². The summed E-state index contributed by atoms with van der Waals surface area (Å²) in [4.78, 5) is 31.5. The van der Waals surface area contributed by atoms with Gasteiger partial charge in [0.15, 0.2) is 0 Å². The highest BCUT2D eigenvalue weighted by Gasteiger charge is 2.32. The molecule has 1 aromatic rings. The van der Waals surface area contributed by atoms with Gasteiger partial charge in [-0.25, -0.2) is 0 Å². The number of nitrogens with one attached hydrogen (secondary N) is 1. The zero-order valence-electron chi connectivity index (χ0n) is 12.8.